The van der Waals surface area contributed by atoms with Gasteiger partial charge in [0.15, 0.2) is 0 Å². The van der Waals surface area contributed by atoms with Crippen molar-refractivity contribution in [3.05, 3.63) is 72.6 Å². The van der Waals surface area contributed by atoms with Crippen LogP contribution in [0.1, 0.15) is 27.4 Å². The third kappa shape index (κ3) is 7.88. The number of allylic oxidation sites excluding steroid dienone is 1. The topological polar surface area (TPSA) is 58.2 Å². The molecule has 0 saturated carbocycles. The van der Waals surface area contributed by atoms with Crippen LogP contribution in [-0.4, -0.2) is 37.8 Å². The monoisotopic (exact) mass is 588 g/mol. The van der Waals surface area contributed by atoms with E-state index in [2.05, 4.69) is 26.6 Å². The fraction of sp³-hybridized carbons (Fsp3) is 0.238. The molecule has 178 valence electrons. The minimum absolute atomic E-state index is 0.0373. The summed E-state index contributed by atoms with van der Waals surface area (Å²) < 4.78 is 53.3. The quantitative estimate of drug-likeness (QED) is 0.270. The molecule has 0 aliphatic carbocycles. The lowest BCUT2D eigenvalue weighted by Crippen LogP contribution is -2.37. The summed E-state index contributed by atoms with van der Waals surface area (Å²) in [5.41, 5.74) is 0.354. The Morgan fingerprint density at radius 1 is 1.06 bits per heavy atom. The third-order valence-corrected chi connectivity index (χ3v) is 6.12. The van der Waals surface area contributed by atoms with Crippen LogP contribution in [0.4, 0.5) is 17.6 Å². The highest BCUT2D eigenvalue weighted by Gasteiger charge is 2.39. The van der Waals surface area contributed by atoms with E-state index in [1.165, 1.54) is 24.3 Å². The summed E-state index contributed by atoms with van der Waals surface area (Å²) in [4.78, 5) is 23.7. The Morgan fingerprint density at radius 3 is 2.24 bits per heavy atom. The molecule has 0 heterocycles. The van der Waals surface area contributed by atoms with Gasteiger partial charge >= 0.3 is 6.18 Å². The molecular weight excluding hydrogens is 574 g/mol. The van der Waals surface area contributed by atoms with E-state index in [1.54, 1.807) is 0 Å². The molecule has 0 aliphatic heterocycles. The standard InChI is InChI=1S/C21H16BrCl3F4N2O2/c22-15-7-11(1-3-13(15)20(33)31-10-18(32)30-6-5-26)2-4-14(21(27,28)29)12-8-16(23)19(25)17(24)9-12/h1-4,7-9,14H,5-6,10H2,(H,30,32)(H,31,33)/b4-2+. The lowest BCUT2D eigenvalue weighted by molar-refractivity contribution is -0.139. The molecule has 2 aromatic carbocycles. The molecule has 0 fully saturated rings. The van der Waals surface area contributed by atoms with E-state index in [-0.39, 0.29) is 39.3 Å². The minimum Gasteiger partial charge on any atom is -0.352 e. The zero-order chi connectivity index (χ0) is 24.8. The summed E-state index contributed by atoms with van der Waals surface area (Å²) in [6.07, 6.45) is -2.45. The molecule has 2 aromatic rings. The van der Waals surface area contributed by atoms with Crippen LogP contribution in [0.25, 0.3) is 6.08 Å². The van der Waals surface area contributed by atoms with Crippen molar-refractivity contribution in [1.29, 1.82) is 0 Å². The Labute approximate surface area is 210 Å². The molecule has 1 unspecified atom stereocenters. The highest BCUT2D eigenvalue weighted by Crippen LogP contribution is 2.41. The number of nitrogens with one attached hydrogen (secondary N) is 2. The van der Waals surface area contributed by atoms with Gasteiger partial charge in [0.05, 0.1) is 33.1 Å². The second kappa shape index (κ2) is 12.1. The Hall–Kier alpha value is -1.81. The van der Waals surface area contributed by atoms with Crippen LogP contribution in [-0.2, 0) is 4.79 Å². The molecule has 33 heavy (non-hydrogen) atoms. The first-order chi connectivity index (χ1) is 15.4. The lowest BCUT2D eigenvalue weighted by Gasteiger charge is -2.18. The van der Waals surface area contributed by atoms with E-state index in [0.29, 0.717) is 10.0 Å². The summed E-state index contributed by atoms with van der Waals surface area (Å²) in [5.74, 6) is -3.15. The summed E-state index contributed by atoms with van der Waals surface area (Å²) in [7, 11) is 0. The highest BCUT2D eigenvalue weighted by atomic mass is 79.9. The van der Waals surface area contributed by atoms with Crippen molar-refractivity contribution in [2.45, 2.75) is 12.1 Å². The average Bonchev–Trinajstić information content (AvgIpc) is 2.73. The van der Waals surface area contributed by atoms with Gasteiger partial charge in [-0.05, 0) is 51.3 Å². The van der Waals surface area contributed by atoms with Gasteiger partial charge in [0.25, 0.3) is 5.91 Å². The smallest absolute Gasteiger partial charge is 0.352 e. The first kappa shape index (κ1) is 27.4. The van der Waals surface area contributed by atoms with E-state index in [1.807, 2.05) is 0 Å². The molecule has 0 aliphatic rings. The molecule has 0 aromatic heterocycles. The molecule has 12 heteroatoms. The molecule has 4 nitrogen and oxygen atoms in total. The van der Waals surface area contributed by atoms with Gasteiger partial charge in [-0.25, -0.2) is 4.39 Å². The van der Waals surface area contributed by atoms with Crippen molar-refractivity contribution >= 4 is 68.6 Å². The third-order valence-electron chi connectivity index (χ3n) is 4.26. The van der Waals surface area contributed by atoms with Crippen LogP contribution in [0.15, 0.2) is 40.9 Å². The van der Waals surface area contributed by atoms with Gasteiger partial charge in [-0.2, -0.15) is 13.2 Å². The van der Waals surface area contributed by atoms with Crippen molar-refractivity contribution in [2.24, 2.45) is 0 Å². The maximum Gasteiger partial charge on any atom is 0.399 e. The Balaban J connectivity index is 2.20. The Morgan fingerprint density at radius 2 is 1.70 bits per heavy atom. The first-order valence-corrected chi connectivity index (χ1v) is 11.2. The Kier molecular flexibility index (Phi) is 10.0. The number of carbonyl (C=O) groups excluding carboxylic acids is 2. The molecule has 0 radical (unpaired) electrons. The molecule has 2 rings (SSSR count). The van der Waals surface area contributed by atoms with Crippen LogP contribution in [0.3, 0.4) is 0 Å². The molecular formula is C21H16BrCl3F4N2O2. The summed E-state index contributed by atoms with van der Waals surface area (Å²) in [6, 6.07) is 6.48. The number of rotatable bonds is 8. The predicted octanol–water partition coefficient (Wildman–Crippen LogP) is 6.58. The molecule has 0 saturated heterocycles. The second-order valence-corrected chi connectivity index (χ2v) is 8.68. The zero-order valence-electron chi connectivity index (χ0n) is 16.6. The Bertz CT molecular complexity index is 1040. The molecule has 0 spiro atoms. The van der Waals surface area contributed by atoms with E-state index >= 15 is 0 Å². The largest absolute Gasteiger partial charge is 0.399 e. The van der Waals surface area contributed by atoms with E-state index in [4.69, 9.17) is 34.8 Å². The van der Waals surface area contributed by atoms with Crippen LogP contribution >= 0.6 is 50.7 Å². The summed E-state index contributed by atoms with van der Waals surface area (Å²) in [5, 5.41) is 4.39. The number of halogens is 8. The van der Waals surface area contributed by atoms with Crippen molar-refractivity contribution in [3.63, 3.8) is 0 Å². The van der Waals surface area contributed by atoms with E-state index < -0.39 is 30.6 Å². The lowest BCUT2D eigenvalue weighted by atomic mass is 9.97. The van der Waals surface area contributed by atoms with Gasteiger partial charge in [-0.3, -0.25) is 9.59 Å². The fourth-order valence-corrected chi connectivity index (χ4v) is 3.88. The maximum atomic E-state index is 13.7. The van der Waals surface area contributed by atoms with Crippen molar-refractivity contribution in [2.75, 3.05) is 19.8 Å². The molecule has 1 atom stereocenters. The minimum atomic E-state index is -4.63. The molecule has 2 N–H and O–H groups in total. The zero-order valence-corrected chi connectivity index (χ0v) is 20.4. The van der Waals surface area contributed by atoms with Gasteiger partial charge < -0.3 is 10.6 Å². The van der Waals surface area contributed by atoms with E-state index in [0.717, 1.165) is 18.2 Å². The van der Waals surface area contributed by atoms with Crippen LogP contribution in [0, 0.1) is 0 Å². The number of hydrogen-bond donors (Lipinski definition) is 2. The summed E-state index contributed by atoms with van der Waals surface area (Å²) in [6.45, 7) is -1.24. The maximum absolute atomic E-state index is 13.7. The van der Waals surface area contributed by atoms with Crippen molar-refractivity contribution in [3.8, 4) is 0 Å². The predicted molar refractivity (Wildman–Crippen MR) is 125 cm³/mol. The van der Waals surface area contributed by atoms with Crippen molar-refractivity contribution in [1.82, 2.24) is 10.6 Å². The van der Waals surface area contributed by atoms with Crippen LogP contribution in [0.2, 0.25) is 15.1 Å². The highest BCUT2D eigenvalue weighted by molar-refractivity contribution is 9.10. The number of benzene rings is 2. The average molecular weight is 591 g/mol. The van der Waals surface area contributed by atoms with Crippen LogP contribution in [0.5, 0.6) is 0 Å². The summed E-state index contributed by atoms with van der Waals surface area (Å²) >= 11 is 20.8. The first-order valence-electron chi connectivity index (χ1n) is 9.23. The van der Waals surface area contributed by atoms with Gasteiger partial charge in [0.1, 0.15) is 6.67 Å². The van der Waals surface area contributed by atoms with Gasteiger partial charge in [-0.15, -0.1) is 0 Å². The van der Waals surface area contributed by atoms with E-state index in [9.17, 15) is 27.2 Å². The number of hydrogen-bond acceptors (Lipinski definition) is 2. The number of carbonyl (C=O) groups is 2. The van der Waals surface area contributed by atoms with Gasteiger partial charge in [0.2, 0.25) is 5.91 Å². The van der Waals surface area contributed by atoms with Gasteiger partial charge in [0, 0.05) is 11.0 Å². The number of alkyl halides is 4. The van der Waals surface area contributed by atoms with Gasteiger partial charge in [-0.1, -0.05) is 53.0 Å². The molecule has 0 bridgehead atoms. The second-order valence-electron chi connectivity index (χ2n) is 6.64. The normalized spacial score (nSPS) is 12.6. The number of amides is 2. The van der Waals surface area contributed by atoms with Crippen molar-refractivity contribution < 1.29 is 27.2 Å². The van der Waals surface area contributed by atoms with Crippen LogP contribution < -0.4 is 10.6 Å². The SMILES string of the molecule is O=C(CNC(=O)c1ccc(/C=C/C(c2cc(Cl)c(Cl)c(Cl)c2)C(F)(F)F)cc1Br)NCCF. The molecule has 2 amide bonds. The fourth-order valence-electron chi connectivity index (χ4n) is 2.70.